The minimum Gasteiger partial charge on any atom is -0.444 e. The van der Waals surface area contributed by atoms with Crippen molar-refractivity contribution in [3.63, 3.8) is 0 Å². The highest BCUT2D eigenvalue weighted by Gasteiger charge is 2.30. The van der Waals surface area contributed by atoms with Crippen molar-refractivity contribution >= 4 is 23.4 Å². The Kier molecular flexibility index (Phi) is 6.54. The second-order valence-electron chi connectivity index (χ2n) is 8.31. The molecule has 1 saturated heterocycles. The van der Waals surface area contributed by atoms with Crippen LogP contribution in [0.15, 0.2) is 54.6 Å². The Balaban J connectivity index is 1.55. The molecule has 1 aliphatic heterocycles. The molecule has 3 rings (SSSR count). The summed E-state index contributed by atoms with van der Waals surface area (Å²) in [5, 5.41) is 5.68. The molecule has 2 N–H and O–H groups in total. The SMILES string of the molecule is CC(C)(C)OC(=O)Nc1ccc(NC(=O)C2CCCN2Cc2ccccc2)cc1. The Morgan fingerprint density at radius 1 is 1.00 bits per heavy atom. The predicted octanol–water partition coefficient (Wildman–Crippen LogP) is 4.64. The molecule has 0 spiro atoms. The Bertz CT molecular complexity index is 829. The smallest absolute Gasteiger partial charge is 0.412 e. The third-order valence-corrected chi connectivity index (χ3v) is 4.69. The van der Waals surface area contributed by atoms with Crippen LogP contribution in [0.3, 0.4) is 0 Å². The maximum atomic E-state index is 12.8. The zero-order valence-electron chi connectivity index (χ0n) is 17.3. The quantitative estimate of drug-likeness (QED) is 0.774. The van der Waals surface area contributed by atoms with Crippen LogP contribution in [-0.2, 0) is 16.1 Å². The standard InChI is InChI=1S/C23H29N3O3/c1-23(2,3)29-22(28)25-19-13-11-18(12-14-19)24-21(27)20-10-7-15-26(20)16-17-8-5-4-6-9-17/h4-6,8-9,11-14,20H,7,10,15-16H2,1-3H3,(H,24,27)(H,25,28). The van der Waals surface area contributed by atoms with Gasteiger partial charge in [-0.1, -0.05) is 30.3 Å². The average Bonchev–Trinajstić information content (AvgIpc) is 3.11. The number of ether oxygens (including phenoxy) is 1. The van der Waals surface area contributed by atoms with Crippen molar-refractivity contribution in [3.05, 3.63) is 60.2 Å². The summed E-state index contributed by atoms with van der Waals surface area (Å²) in [6, 6.07) is 17.1. The zero-order valence-corrected chi connectivity index (χ0v) is 17.3. The van der Waals surface area contributed by atoms with E-state index in [9.17, 15) is 9.59 Å². The van der Waals surface area contributed by atoms with Gasteiger partial charge in [-0.3, -0.25) is 15.0 Å². The Labute approximate surface area is 172 Å². The third kappa shape index (κ3) is 6.32. The highest BCUT2D eigenvalue weighted by atomic mass is 16.6. The van der Waals surface area contributed by atoms with Crippen molar-refractivity contribution in [1.82, 2.24) is 4.90 Å². The molecule has 1 heterocycles. The molecule has 0 aliphatic carbocycles. The molecule has 1 aliphatic rings. The Morgan fingerprint density at radius 2 is 1.62 bits per heavy atom. The summed E-state index contributed by atoms with van der Waals surface area (Å²) >= 11 is 0. The number of likely N-dealkylation sites (tertiary alicyclic amines) is 1. The topological polar surface area (TPSA) is 70.7 Å². The van der Waals surface area contributed by atoms with Gasteiger partial charge in [-0.05, 0) is 70.0 Å². The molecule has 0 saturated carbocycles. The van der Waals surface area contributed by atoms with Crippen LogP contribution in [0.25, 0.3) is 0 Å². The number of hydrogen-bond donors (Lipinski definition) is 2. The number of hydrogen-bond acceptors (Lipinski definition) is 4. The van der Waals surface area contributed by atoms with Crippen molar-refractivity contribution in [2.45, 2.75) is 51.8 Å². The summed E-state index contributed by atoms with van der Waals surface area (Å²) in [5.74, 6) is 0.00582. The molecule has 0 bridgehead atoms. The summed E-state index contributed by atoms with van der Waals surface area (Å²) in [4.78, 5) is 26.9. The second kappa shape index (κ2) is 9.09. The highest BCUT2D eigenvalue weighted by molar-refractivity contribution is 5.95. The summed E-state index contributed by atoms with van der Waals surface area (Å²) in [6.07, 6.45) is 1.37. The minimum absolute atomic E-state index is 0.00582. The van der Waals surface area contributed by atoms with Gasteiger partial charge in [0.25, 0.3) is 0 Å². The van der Waals surface area contributed by atoms with Gasteiger partial charge in [-0.15, -0.1) is 0 Å². The van der Waals surface area contributed by atoms with Crippen molar-refractivity contribution in [2.24, 2.45) is 0 Å². The number of carbonyl (C=O) groups excluding carboxylic acids is 2. The molecular formula is C23H29N3O3. The van der Waals surface area contributed by atoms with Gasteiger partial charge >= 0.3 is 6.09 Å². The fraction of sp³-hybridized carbons (Fsp3) is 0.391. The van der Waals surface area contributed by atoms with E-state index < -0.39 is 11.7 Å². The van der Waals surface area contributed by atoms with Crippen molar-refractivity contribution < 1.29 is 14.3 Å². The lowest BCUT2D eigenvalue weighted by Crippen LogP contribution is -2.39. The number of nitrogens with zero attached hydrogens (tertiary/aromatic N) is 1. The summed E-state index contributed by atoms with van der Waals surface area (Å²) in [7, 11) is 0. The number of carbonyl (C=O) groups is 2. The van der Waals surface area contributed by atoms with Crippen LogP contribution >= 0.6 is 0 Å². The predicted molar refractivity (Wildman–Crippen MR) is 115 cm³/mol. The summed E-state index contributed by atoms with van der Waals surface area (Å²) < 4.78 is 5.24. The second-order valence-corrected chi connectivity index (χ2v) is 8.31. The summed E-state index contributed by atoms with van der Waals surface area (Å²) in [5.41, 5.74) is 1.98. The van der Waals surface area contributed by atoms with Gasteiger partial charge in [0.05, 0.1) is 6.04 Å². The molecule has 2 aromatic rings. The van der Waals surface area contributed by atoms with E-state index in [4.69, 9.17) is 4.74 Å². The normalized spacial score (nSPS) is 17.0. The molecule has 154 valence electrons. The summed E-state index contributed by atoms with van der Waals surface area (Å²) in [6.45, 7) is 7.14. The minimum atomic E-state index is -0.551. The van der Waals surface area contributed by atoms with Crippen LogP contribution in [0.1, 0.15) is 39.2 Å². The first-order valence-corrected chi connectivity index (χ1v) is 9.99. The first-order chi connectivity index (χ1) is 13.8. The number of anilines is 2. The van der Waals surface area contributed by atoms with Crippen LogP contribution < -0.4 is 10.6 Å². The Hall–Kier alpha value is -2.86. The van der Waals surface area contributed by atoms with Gasteiger partial charge in [-0.25, -0.2) is 4.79 Å². The maximum Gasteiger partial charge on any atom is 0.412 e. The van der Waals surface area contributed by atoms with Crippen molar-refractivity contribution in [2.75, 3.05) is 17.2 Å². The van der Waals surface area contributed by atoms with Gasteiger partial charge in [0, 0.05) is 17.9 Å². The van der Waals surface area contributed by atoms with E-state index in [1.807, 2.05) is 39.0 Å². The molecule has 1 atom stereocenters. The average molecular weight is 396 g/mol. The lowest BCUT2D eigenvalue weighted by Gasteiger charge is -2.23. The lowest BCUT2D eigenvalue weighted by atomic mass is 10.1. The first-order valence-electron chi connectivity index (χ1n) is 9.99. The van der Waals surface area contributed by atoms with E-state index in [0.717, 1.165) is 25.9 Å². The first kappa shape index (κ1) is 20.9. The van der Waals surface area contributed by atoms with Gasteiger partial charge in [0.1, 0.15) is 5.60 Å². The van der Waals surface area contributed by atoms with E-state index in [-0.39, 0.29) is 11.9 Å². The zero-order chi connectivity index (χ0) is 20.9. The van der Waals surface area contributed by atoms with Crippen LogP contribution in [0.4, 0.5) is 16.2 Å². The lowest BCUT2D eigenvalue weighted by molar-refractivity contribution is -0.120. The van der Waals surface area contributed by atoms with E-state index in [1.54, 1.807) is 24.3 Å². The van der Waals surface area contributed by atoms with Gasteiger partial charge in [-0.2, -0.15) is 0 Å². The van der Waals surface area contributed by atoms with Gasteiger partial charge in [0.2, 0.25) is 5.91 Å². The fourth-order valence-corrected chi connectivity index (χ4v) is 3.41. The molecule has 6 heteroatoms. The molecule has 1 fully saturated rings. The van der Waals surface area contributed by atoms with Crippen molar-refractivity contribution in [3.8, 4) is 0 Å². The van der Waals surface area contributed by atoms with Crippen LogP contribution in [0, 0.1) is 0 Å². The molecule has 1 unspecified atom stereocenters. The molecule has 0 aromatic heterocycles. The molecule has 2 aromatic carbocycles. The van der Waals surface area contributed by atoms with Crippen LogP contribution in [-0.4, -0.2) is 35.1 Å². The van der Waals surface area contributed by atoms with E-state index >= 15 is 0 Å². The van der Waals surface area contributed by atoms with Crippen molar-refractivity contribution in [1.29, 1.82) is 0 Å². The largest absolute Gasteiger partial charge is 0.444 e. The number of amides is 2. The number of benzene rings is 2. The molecule has 2 amide bonds. The molecule has 0 radical (unpaired) electrons. The maximum absolute atomic E-state index is 12.8. The number of nitrogens with one attached hydrogen (secondary N) is 2. The van der Waals surface area contributed by atoms with E-state index in [1.165, 1.54) is 5.56 Å². The van der Waals surface area contributed by atoms with E-state index in [0.29, 0.717) is 11.4 Å². The number of rotatable bonds is 5. The van der Waals surface area contributed by atoms with Gasteiger partial charge in [0.15, 0.2) is 0 Å². The fourth-order valence-electron chi connectivity index (χ4n) is 3.41. The van der Waals surface area contributed by atoms with Gasteiger partial charge < -0.3 is 10.1 Å². The Morgan fingerprint density at radius 3 is 2.24 bits per heavy atom. The highest BCUT2D eigenvalue weighted by Crippen LogP contribution is 2.22. The third-order valence-electron chi connectivity index (χ3n) is 4.69. The monoisotopic (exact) mass is 395 g/mol. The molecule has 29 heavy (non-hydrogen) atoms. The molecular weight excluding hydrogens is 366 g/mol. The van der Waals surface area contributed by atoms with E-state index in [2.05, 4.69) is 27.7 Å². The van der Waals surface area contributed by atoms with Crippen LogP contribution in [0.2, 0.25) is 0 Å². The van der Waals surface area contributed by atoms with Crippen LogP contribution in [0.5, 0.6) is 0 Å². The molecule has 6 nitrogen and oxygen atoms in total.